The van der Waals surface area contributed by atoms with Gasteiger partial charge in [-0.3, -0.25) is 4.90 Å². The molecule has 21 heavy (non-hydrogen) atoms. The van der Waals surface area contributed by atoms with Crippen LogP contribution in [0, 0.1) is 17.6 Å². The quantitative estimate of drug-likeness (QED) is 0.914. The lowest BCUT2D eigenvalue weighted by atomic mass is 9.88. The third-order valence-electron chi connectivity index (χ3n) is 4.80. The van der Waals surface area contributed by atoms with E-state index in [1.807, 2.05) is 7.05 Å². The maximum Gasteiger partial charge on any atom is 0.163 e. The van der Waals surface area contributed by atoms with Gasteiger partial charge >= 0.3 is 0 Å². The number of halogens is 2. The molecule has 1 aliphatic carbocycles. The summed E-state index contributed by atoms with van der Waals surface area (Å²) >= 11 is 0. The van der Waals surface area contributed by atoms with E-state index in [1.165, 1.54) is 18.9 Å². The number of hydrogen-bond acceptors (Lipinski definition) is 2. The van der Waals surface area contributed by atoms with Gasteiger partial charge in [-0.15, -0.1) is 0 Å². The van der Waals surface area contributed by atoms with Gasteiger partial charge in [0.25, 0.3) is 0 Å². The third-order valence-corrected chi connectivity index (χ3v) is 4.80. The molecular formula is C17H24F2N2. The van der Waals surface area contributed by atoms with Gasteiger partial charge in [-0.25, -0.2) is 8.78 Å². The largest absolute Gasteiger partial charge is 0.314 e. The molecule has 0 amide bonds. The number of hydrogen-bond donors (Lipinski definition) is 1. The third kappa shape index (κ3) is 3.43. The van der Waals surface area contributed by atoms with Gasteiger partial charge in [0.15, 0.2) is 11.6 Å². The van der Waals surface area contributed by atoms with Gasteiger partial charge in [-0.1, -0.05) is 18.6 Å². The zero-order chi connectivity index (χ0) is 14.8. The Labute approximate surface area is 125 Å². The summed E-state index contributed by atoms with van der Waals surface area (Å²) in [5, 5.41) is 3.57. The highest BCUT2D eigenvalue weighted by Crippen LogP contribution is 2.36. The minimum absolute atomic E-state index is 0.0329. The molecule has 3 rings (SSSR count). The van der Waals surface area contributed by atoms with Gasteiger partial charge in [0.1, 0.15) is 0 Å². The predicted molar refractivity (Wildman–Crippen MR) is 80.1 cm³/mol. The molecule has 2 nitrogen and oxygen atoms in total. The van der Waals surface area contributed by atoms with Crippen molar-refractivity contribution in [2.75, 3.05) is 20.1 Å². The molecular weight excluding hydrogens is 270 g/mol. The molecule has 1 saturated carbocycles. The Bertz CT molecular complexity index is 488. The summed E-state index contributed by atoms with van der Waals surface area (Å²) in [6.45, 7) is 1.84. The molecule has 0 bridgehead atoms. The first-order valence-electron chi connectivity index (χ1n) is 8.04. The second kappa shape index (κ2) is 6.41. The van der Waals surface area contributed by atoms with Crippen LogP contribution in [0.3, 0.4) is 0 Å². The fraction of sp³-hybridized carbons (Fsp3) is 0.647. The lowest BCUT2D eigenvalue weighted by Crippen LogP contribution is -2.36. The van der Waals surface area contributed by atoms with Crippen LogP contribution in [-0.2, 0) is 0 Å². The van der Waals surface area contributed by atoms with Crippen LogP contribution in [0.5, 0.6) is 0 Å². The van der Waals surface area contributed by atoms with E-state index in [2.05, 4.69) is 10.2 Å². The summed E-state index contributed by atoms with van der Waals surface area (Å²) in [5.41, 5.74) is 0.516. The molecule has 1 aromatic carbocycles. The molecule has 4 heteroatoms. The highest BCUT2D eigenvalue weighted by molar-refractivity contribution is 5.24. The van der Waals surface area contributed by atoms with Crippen molar-refractivity contribution in [3.8, 4) is 0 Å². The Balaban J connectivity index is 1.85. The van der Waals surface area contributed by atoms with E-state index < -0.39 is 11.6 Å². The topological polar surface area (TPSA) is 15.3 Å². The maximum absolute atomic E-state index is 14.3. The number of rotatable bonds is 4. The summed E-state index contributed by atoms with van der Waals surface area (Å²) in [5.74, 6) is -1.07. The fourth-order valence-corrected chi connectivity index (χ4v) is 3.48. The van der Waals surface area contributed by atoms with E-state index in [0.717, 1.165) is 32.4 Å². The van der Waals surface area contributed by atoms with Crippen molar-refractivity contribution in [2.45, 2.75) is 44.2 Å². The Morgan fingerprint density at radius 2 is 2.00 bits per heavy atom. The highest BCUT2D eigenvalue weighted by Gasteiger charge is 2.32. The Kier molecular flexibility index (Phi) is 4.55. The van der Waals surface area contributed by atoms with Crippen LogP contribution in [0.25, 0.3) is 0 Å². The Morgan fingerprint density at radius 3 is 2.76 bits per heavy atom. The van der Waals surface area contributed by atoms with Gasteiger partial charge in [-0.05, 0) is 51.3 Å². The van der Waals surface area contributed by atoms with Crippen molar-refractivity contribution in [3.63, 3.8) is 0 Å². The Morgan fingerprint density at radius 1 is 1.19 bits per heavy atom. The molecule has 1 saturated heterocycles. The molecule has 2 atom stereocenters. The van der Waals surface area contributed by atoms with Gasteiger partial charge in [0.05, 0.1) is 0 Å². The standard InChI is InChI=1S/C17H24F2N2/c1-21-10-3-2-5-12(11-20-13-8-9-13)17(21)14-6-4-7-15(18)16(14)19/h4,6-7,12-13,17,20H,2-3,5,8-11H2,1H3. The SMILES string of the molecule is CN1CCCCC(CNC2CC2)C1c1cccc(F)c1F. The first kappa shape index (κ1) is 14.9. The molecule has 0 spiro atoms. The number of nitrogens with zero attached hydrogens (tertiary/aromatic N) is 1. The van der Waals surface area contributed by atoms with Crippen molar-refractivity contribution in [2.24, 2.45) is 5.92 Å². The van der Waals surface area contributed by atoms with Crippen molar-refractivity contribution in [1.82, 2.24) is 10.2 Å². The molecule has 0 radical (unpaired) electrons. The van der Waals surface area contributed by atoms with E-state index in [-0.39, 0.29) is 6.04 Å². The first-order chi connectivity index (χ1) is 10.2. The molecule has 1 heterocycles. The van der Waals surface area contributed by atoms with Crippen LogP contribution in [-0.4, -0.2) is 31.1 Å². The second-order valence-electron chi connectivity index (χ2n) is 6.51. The lowest BCUT2D eigenvalue weighted by Gasteiger charge is -2.33. The van der Waals surface area contributed by atoms with Crippen LogP contribution in [0.2, 0.25) is 0 Å². The van der Waals surface area contributed by atoms with E-state index in [1.54, 1.807) is 12.1 Å². The molecule has 2 aliphatic rings. The molecule has 1 aliphatic heterocycles. The average Bonchev–Trinajstić information content (AvgIpc) is 3.28. The average molecular weight is 294 g/mol. The van der Waals surface area contributed by atoms with Crippen LogP contribution < -0.4 is 5.32 Å². The van der Waals surface area contributed by atoms with Crippen LogP contribution in [0.15, 0.2) is 18.2 Å². The normalized spacial score (nSPS) is 27.6. The molecule has 1 N–H and O–H groups in total. The predicted octanol–water partition coefficient (Wildman–Crippen LogP) is 3.49. The molecule has 116 valence electrons. The fourth-order valence-electron chi connectivity index (χ4n) is 3.48. The van der Waals surface area contributed by atoms with Gasteiger partial charge in [0, 0.05) is 24.2 Å². The van der Waals surface area contributed by atoms with Crippen molar-refractivity contribution in [3.05, 3.63) is 35.4 Å². The molecule has 2 fully saturated rings. The van der Waals surface area contributed by atoms with E-state index >= 15 is 0 Å². The van der Waals surface area contributed by atoms with Crippen LogP contribution in [0.4, 0.5) is 8.78 Å². The number of nitrogens with one attached hydrogen (secondary N) is 1. The van der Waals surface area contributed by atoms with E-state index in [9.17, 15) is 8.78 Å². The Hall–Kier alpha value is -1.00. The summed E-state index contributed by atoms with van der Waals surface area (Å²) in [6, 6.07) is 5.19. The first-order valence-corrected chi connectivity index (χ1v) is 8.04. The molecule has 1 aromatic rings. The minimum Gasteiger partial charge on any atom is -0.314 e. The smallest absolute Gasteiger partial charge is 0.163 e. The molecule has 2 unspecified atom stereocenters. The highest BCUT2D eigenvalue weighted by atomic mass is 19.2. The van der Waals surface area contributed by atoms with Gasteiger partial charge < -0.3 is 5.32 Å². The van der Waals surface area contributed by atoms with Gasteiger partial charge in [-0.2, -0.15) is 0 Å². The number of likely N-dealkylation sites (tertiary alicyclic amines) is 1. The van der Waals surface area contributed by atoms with Crippen LogP contribution >= 0.6 is 0 Å². The summed E-state index contributed by atoms with van der Waals surface area (Å²) < 4.78 is 27.9. The minimum atomic E-state index is -0.737. The zero-order valence-corrected chi connectivity index (χ0v) is 12.6. The van der Waals surface area contributed by atoms with Crippen molar-refractivity contribution < 1.29 is 8.78 Å². The van der Waals surface area contributed by atoms with Crippen molar-refractivity contribution in [1.29, 1.82) is 0 Å². The lowest BCUT2D eigenvalue weighted by molar-refractivity contribution is 0.183. The summed E-state index contributed by atoms with van der Waals surface area (Å²) in [6.07, 6.45) is 5.87. The second-order valence-corrected chi connectivity index (χ2v) is 6.51. The molecule has 0 aromatic heterocycles. The summed E-state index contributed by atoms with van der Waals surface area (Å²) in [7, 11) is 2.03. The summed E-state index contributed by atoms with van der Waals surface area (Å²) in [4.78, 5) is 2.20. The van der Waals surface area contributed by atoms with E-state index in [0.29, 0.717) is 17.5 Å². The van der Waals surface area contributed by atoms with Crippen molar-refractivity contribution >= 4 is 0 Å². The van der Waals surface area contributed by atoms with Crippen LogP contribution in [0.1, 0.15) is 43.7 Å². The van der Waals surface area contributed by atoms with E-state index in [4.69, 9.17) is 0 Å². The maximum atomic E-state index is 14.3. The van der Waals surface area contributed by atoms with Gasteiger partial charge in [0.2, 0.25) is 0 Å². The monoisotopic (exact) mass is 294 g/mol. The number of benzene rings is 1. The zero-order valence-electron chi connectivity index (χ0n) is 12.6.